The van der Waals surface area contributed by atoms with Gasteiger partial charge in [-0.2, -0.15) is 5.26 Å². The van der Waals surface area contributed by atoms with Crippen LogP contribution in [0.1, 0.15) is 25.8 Å². The van der Waals surface area contributed by atoms with Crippen LogP contribution in [0.4, 0.5) is 0 Å². The van der Waals surface area contributed by atoms with E-state index < -0.39 is 0 Å². The van der Waals surface area contributed by atoms with E-state index in [0.717, 1.165) is 16.5 Å². The average molecular weight is 378 g/mol. The maximum atomic E-state index is 12.6. The molecule has 3 rings (SSSR count). The minimum Gasteiger partial charge on any atom is -0.346 e. The Hall–Kier alpha value is -3.07. The molecule has 0 spiro atoms. The van der Waals surface area contributed by atoms with Crippen LogP contribution in [0.25, 0.3) is 17.0 Å². The minimum absolute atomic E-state index is 0.0134. The Morgan fingerprint density at radius 3 is 2.50 bits per heavy atom. The van der Waals surface area contributed by atoms with Crippen molar-refractivity contribution >= 4 is 28.8 Å². The van der Waals surface area contributed by atoms with Crippen LogP contribution in [-0.4, -0.2) is 52.4 Å². The van der Waals surface area contributed by atoms with Gasteiger partial charge in [0.05, 0.1) is 12.5 Å². The molecule has 1 aliphatic rings. The molecule has 2 amide bonds. The van der Waals surface area contributed by atoms with E-state index in [2.05, 4.69) is 10.6 Å². The summed E-state index contributed by atoms with van der Waals surface area (Å²) in [7, 11) is 0. The first kappa shape index (κ1) is 19.7. The lowest BCUT2D eigenvalue weighted by molar-refractivity contribution is -0.139. The molecule has 1 aromatic heterocycles. The van der Waals surface area contributed by atoms with Gasteiger partial charge in [-0.05, 0) is 12.1 Å². The molecule has 0 bridgehead atoms. The van der Waals surface area contributed by atoms with Gasteiger partial charge in [0.1, 0.15) is 0 Å². The fourth-order valence-corrected chi connectivity index (χ4v) is 3.54. The van der Waals surface area contributed by atoms with Crippen LogP contribution >= 0.6 is 0 Å². The van der Waals surface area contributed by atoms with Crippen molar-refractivity contribution < 1.29 is 9.59 Å². The average Bonchev–Trinajstić information content (AvgIpc) is 3.07. The summed E-state index contributed by atoms with van der Waals surface area (Å²) in [5, 5.41) is 9.92. The van der Waals surface area contributed by atoms with Crippen LogP contribution in [0.2, 0.25) is 0 Å². The monoisotopic (exact) mass is 378 g/mol. The number of benzene rings is 1. The van der Waals surface area contributed by atoms with Crippen molar-refractivity contribution in [2.45, 2.75) is 26.8 Å². The van der Waals surface area contributed by atoms with E-state index in [0.29, 0.717) is 39.1 Å². The standard InChI is InChI=1S/C22H26N4O2/c1-17(2)22(28)25-14-12-24(13-15-25)21(27)9-8-18-16-26(11-5-10-23)20-7-4-3-6-19(18)20/h3-4,6-9,16-17H,5,11-15H2,1-2H3/b9-8+. The van der Waals surface area contributed by atoms with Gasteiger partial charge in [-0.1, -0.05) is 32.0 Å². The normalized spacial score (nSPS) is 14.8. The fourth-order valence-electron chi connectivity index (χ4n) is 3.54. The summed E-state index contributed by atoms with van der Waals surface area (Å²) in [6, 6.07) is 10.2. The van der Waals surface area contributed by atoms with Crippen molar-refractivity contribution in [3.8, 4) is 6.07 Å². The molecule has 2 heterocycles. The summed E-state index contributed by atoms with van der Waals surface area (Å²) in [5.74, 6) is 0.0961. The number of nitriles is 1. The lowest BCUT2D eigenvalue weighted by atomic mass is 10.1. The van der Waals surface area contributed by atoms with Gasteiger partial charge >= 0.3 is 0 Å². The molecule has 0 saturated carbocycles. The molecule has 28 heavy (non-hydrogen) atoms. The number of carbonyl (C=O) groups excluding carboxylic acids is 2. The number of amides is 2. The molecular formula is C22H26N4O2. The van der Waals surface area contributed by atoms with Gasteiger partial charge in [0.25, 0.3) is 0 Å². The van der Waals surface area contributed by atoms with Crippen LogP contribution in [-0.2, 0) is 16.1 Å². The first-order chi connectivity index (χ1) is 13.5. The largest absolute Gasteiger partial charge is 0.346 e. The van der Waals surface area contributed by atoms with Crippen molar-refractivity contribution in [3.05, 3.63) is 42.1 Å². The Kier molecular flexibility index (Phi) is 6.15. The quantitative estimate of drug-likeness (QED) is 0.751. The summed E-state index contributed by atoms with van der Waals surface area (Å²) >= 11 is 0. The lowest BCUT2D eigenvalue weighted by Crippen LogP contribution is -2.51. The molecule has 0 aliphatic carbocycles. The van der Waals surface area contributed by atoms with E-state index in [-0.39, 0.29) is 17.7 Å². The highest BCUT2D eigenvalue weighted by atomic mass is 16.2. The third-order valence-corrected chi connectivity index (χ3v) is 5.09. The van der Waals surface area contributed by atoms with Crippen molar-refractivity contribution in [2.24, 2.45) is 5.92 Å². The van der Waals surface area contributed by atoms with Gasteiger partial charge in [-0.3, -0.25) is 9.59 Å². The summed E-state index contributed by atoms with van der Waals surface area (Å²) < 4.78 is 2.05. The molecule has 6 nitrogen and oxygen atoms in total. The van der Waals surface area contributed by atoms with E-state index in [4.69, 9.17) is 5.26 Å². The number of aryl methyl sites for hydroxylation is 1. The maximum absolute atomic E-state index is 12.6. The highest BCUT2D eigenvalue weighted by molar-refractivity contribution is 5.96. The van der Waals surface area contributed by atoms with E-state index >= 15 is 0 Å². The van der Waals surface area contributed by atoms with Crippen molar-refractivity contribution in [3.63, 3.8) is 0 Å². The van der Waals surface area contributed by atoms with Crippen molar-refractivity contribution in [1.29, 1.82) is 5.26 Å². The van der Waals surface area contributed by atoms with Gasteiger partial charge < -0.3 is 14.4 Å². The van der Waals surface area contributed by atoms with Crippen LogP contribution in [0, 0.1) is 17.2 Å². The number of hydrogen-bond donors (Lipinski definition) is 0. The Balaban J connectivity index is 1.68. The minimum atomic E-state index is -0.0366. The molecule has 0 unspecified atom stereocenters. The number of para-hydroxylation sites is 1. The topological polar surface area (TPSA) is 69.3 Å². The lowest BCUT2D eigenvalue weighted by Gasteiger charge is -2.35. The number of carbonyl (C=O) groups is 2. The Bertz CT molecular complexity index is 928. The third-order valence-electron chi connectivity index (χ3n) is 5.09. The van der Waals surface area contributed by atoms with Crippen LogP contribution in [0.5, 0.6) is 0 Å². The first-order valence-electron chi connectivity index (χ1n) is 9.72. The number of fused-ring (bicyclic) bond motifs is 1. The number of hydrogen-bond acceptors (Lipinski definition) is 3. The molecule has 1 saturated heterocycles. The number of rotatable bonds is 5. The van der Waals surface area contributed by atoms with Crippen molar-refractivity contribution in [2.75, 3.05) is 26.2 Å². The zero-order valence-corrected chi connectivity index (χ0v) is 16.5. The van der Waals surface area contributed by atoms with E-state index in [1.807, 2.05) is 55.3 Å². The number of nitrogens with zero attached hydrogens (tertiary/aromatic N) is 4. The zero-order chi connectivity index (χ0) is 20.1. The second-order valence-corrected chi connectivity index (χ2v) is 7.34. The molecule has 1 fully saturated rings. The summed E-state index contributed by atoms with van der Waals surface area (Å²) in [6.07, 6.45) is 5.89. The molecule has 146 valence electrons. The molecule has 1 aliphatic heterocycles. The molecule has 1 aromatic carbocycles. The Morgan fingerprint density at radius 2 is 1.82 bits per heavy atom. The maximum Gasteiger partial charge on any atom is 0.246 e. The van der Waals surface area contributed by atoms with E-state index in [1.54, 1.807) is 11.0 Å². The molecule has 0 N–H and O–H groups in total. The summed E-state index contributed by atoms with van der Waals surface area (Å²) in [6.45, 7) is 6.72. The highest BCUT2D eigenvalue weighted by Crippen LogP contribution is 2.23. The predicted molar refractivity (Wildman–Crippen MR) is 109 cm³/mol. The van der Waals surface area contributed by atoms with Crippen LogP contribution in [0.15, 0.2) is 36.5 Å². The third kappa shape index (κ3) is 4.25. The SMILES string of the molecule is CC(C)C(=O)N1CCN(C(=O)/C=C/c2cn(CCC#N)c3ccccc23)CC1. The molecule has 6 heteroatoms. The van der Waals surface area contributed by atoms with E-state index in [9.17, 15) is 9.59 Å². The van der Waals surface area contributed by atoms with Gasteiger partial charge in [0.15, 0.2) is 0 Å². The second-order valence-electron chi connectivity index (χ2n) is 7.34. The van der Waals surface area contributed by atoms with Gasteiger partial charge in [0.2, 0.25) is 11.8 Å². The van der Waals surface area contributed by atoms with E-state index in [1.165, 1.54) is 0 Å². The molecular weight excluding hydrogens is 352 g/mol. The van der Waals surface area contributed by atoms with Gasteiger partial charge in [0, 0.05) is 67.4 Å². The smallest absolute Gasteiger partial charge is 0.246 e. The van der Waals surface area contributed by atoms with Crippen LogP contribution < -0.4 is 0 Å². The van der Waals surface area contributed by atoms with Gasteiger partial charge in [-0.25, -0.2) is 0 Å². The first-order valence-corrected chi connectivity index (χ1v) is 9.72. The summed E-state index contributed by atoms with van der Waals surface area (Å²) in [5.41, 5.74) is 2.03. The Morgan fingerprint density at radius 1 is 1.14 bits per heavy atom. The number of aromatic nitrogens is 1. The summed E-state index contributed by atoms with van der Waals surface area (Å²) in [4.78, 5) is 28.3. The molecule has 2 aromatic rings. The molecule has 0 atom stereocenters. The van der Waals surface area contributed by atoms with Crippen molar-refractivity contribution in [1.82, 2.24) is 14.4 Å². The van der Waals surface area contributed by atoms with Gasteiger partial charge in [-0.15, -0.1) is 0 Å². The fraction of sp³-hybridized carbons (Fsp3) is 0.409. The second kappa shape index (κ2) is 8.75. The Labute approximate surface area is 165 Å². The van der Waals surface area contributed by atoms with Crippen LogP contribution in [0.3, 0.4) is 0 Å². The molecule has 0 radical (unpaired) electrons. The zero-order valence-electron chi connectivity index (χ0n) is 16.5. The predicted octanol–water partition coefficient (Wildman–Crippen LogP) is 2.89. The highest BCUT2D eigenvalue weighted by Gasteiger charge is 2.24. The number of piperazine rings is 1.